The highest BCUT2D eigenvalue weighted by atomic mass is 35.5. The van der Waals surface area contributed by atoms with Gasteiger partial charge in [0.1, 0.15) is 11.5 Å². The standard InChI is InChI=1S/C35H33ClN4O6S2/c1-27-12-20-34(21-13-27)48(44,45)39(24-29-14-16-30(36)17-15-29)25-32-19-18-31(46-32)22-37-38-35(41)26-40(23-28-8-4-2-5-9-28)47(42,43)33-10-6-3-7-11-33/h2-22H,23-26H2,1H3,(H,38,41)/b37-22-. The SMILES string of the molecule is Cc1ccc(S(=O)(=O)N(Cc2ccc(Cl)cc2)Cc2ccc(/C=N\NC(=O)CN(Cc3ccccc3)S(=O)(=O)c3ccccc3)o2)cc1. The molecule has 0 fully saturated rings. The molecule has 0 radical (unpaired) electrons. The summed E-state index contributed by atoms with van der Waals surface area (Å²) in [5.41, 5.74) is 4.74. The van der Waals surface area contributed by atoms with Gasteiger partial charge in [0.05, 0.1) is 29.1 Å². The third kappa shape index (κ3) is 9.06. The Morgan fingerprint density at radius 1 is 0.708 bits per heavy atom. The molecule has 13 heteroatoms. The molecule has 48 heavy (non-hydrogen) atoms. The van der Waals surface area contributed by atoms with Crippen LogP contribution in [0.4, 0.5) is 0 Å². The number of sulfonamides is 2. The summed E-state index contributed by atoms with van der Waals surface area (Å²) < 4.78 is 62.4. The van der Waals surface area contributed by atoms with Gasteiger partial charge in [-0.25, -0.2) is 22.3 Å². The maximum absolute atomic E-state index is 13.7. The molecule has 0 aliphatic carbocycles. The highest BCUT2D eigenvalue weighted by molar-refractivity contribution is 7.89. The van der Waals surface area contributed by atoms with Crippen LogP contribution in [0.15, 0.2) is 141 Å². The van der Waals surface area contributed by atoms with Crippen molar-refractivity contribution >= 4 is 43.8 Å². The zero-order valence-electron chi connectivity index (χ0n) is 25.9. The molecular formula is C35H33ClN4O6S2. The fourth-order valence-corrected chi connectivity index (χ4v) is 7.65. The highest BCUT2D eigenvalue weighted by Crippen LogP contribution is 2.23. The lowest BCUT2D eigenvalue weighted by Gasteiger charge is -2.21. The van der Waals surface area contributed by atoms with Crippen LogP contribution < -0.4 is 5.43 Å². The number of carbonyl (C=O) groups excluding carboxylic acids is 1. The van der Waals surface area contributed by atoms with E-state index >= 15 is 0 Å². The lowest BCUT2D eigenvalue weighted by atomic mass is 10.2. The molecule has 1 aromatic heterocycles. The summed E-state index contributed by atoms with van der Waals surface area (Å²) >= 11 is 6.03. The minimum atomic E-state index is -4.00. The number of benzene rings is 4. The number of amides is 1. The van der Waals surface area contributed by atoms with Crippen molar-refractivity contribution in [2.24, 2.45) is 5.10 Å². The van der Waals surface area contributed by atoms with Crippen molar-refractivity contribution in [1.82, 2.24) is 14.0 Å². The molecule has 1 amide bonds. The van der Waals surface area contributed by atoms with Gasteiger partial charge in [0, 0.05) is 18.1 Å². The first-order chi connectivity index (χ1) is 23.0. The zero-order chi connectivity index (χ0) is 34.1. The lowest BCUT2D eigenvalue weighted by molar-refractivity contribution is -0.121. The zero-order valence-corrected chi connectivity index (χ0v) is 28.3. The van der Waals surface area contributed by atoms with Crippen LogP contribution in [0.2, 0.25) is 5.02 Å². The molecule has 5 rings (SSSR count). The molecular weight excluding hydrogens is 672 g/mol. The van der Waals surface area contributed by atoms with E-state index in [4.69, 9.17) is 16.0 Å². The van der Waals surface area contributed by atoms with E-state index in [9.17, 15) is 21.6 Å². The molecule has 0 atom stereocenters. The van der Waals surface area contributed by atoms with Gasteiger partial charge in [0.25, 0.3) is 5.91 Å². The molecule has 0 spiro atoms. The predicted octanol–water partition coefficient (Wildman–Crippen LogP) is 5.97. The highest BCUT2D eigenvalue weighted by Gasteiger charge is 2.28. The molecule has 0 saturated carbocycles. The average molecular weight is 705 g/mol. The Hall–Kier alpha value is -4.59. The van der Waals surface area contributed by atoms with E-state index in [2.05, 4.69) is 10.5 Å². The van der Waals surface area contributed by atoms with Crippen LogP contribution in [0.3, 0.4) is 0 Å². The number of carbonyl (C=O) groups is 1. The summed E-state index contributed by atoms with van der Waals surface area (Å²) in [6.45, 7) is 1.37. The molecule has 1 heterocycles. The number of halogens is 1. The van der Waals surface area contributed by atoms with E-state index in [0.29, 0.717) is 16.3 Å². The summed E-state index contributed by atoms with van der Waals surface area (Å²) in [6, 6.07) is 33.6. The van der Waals surface area contributed by atoms with E-state index < -0.39 is 32.5 Å². The van der Waals surface area contributed by atoms with E-state index in [0.717, 1.165) is 15.4 Å². The van der Waals surface area contributed by atoms with Crippen LogP contribution in [0.5, 0.6) is 0 Å². The van der Waals surface area contributed by atoms with Gasteiger partial charge in [0.15, 0.2) is 0 Å². The molecule has 1 N–H and O–H groups in total. The van der Waals surface area contributed by atoms with Gasteiger partial charge in [-0.3, -0.25) is 4.79 Å². The van der Waals surface area contributed by atoms with Gasteiger partial charge in [-0.1, -0.05) is 90.0 Å². The fraction of sp³-hybridized carbons (Fsp3) is 0.143. The second-order valence-electron chi connectivity index (χ2n) is 10.9. The third-order valence-corrected chi connectivity index (χ3v) is 11.1. The molecule has 248 valence electrons. The number of aryl methyl sites for hydroxylation is 1. The van der Waals surface area contributed by atoms with Gasteiger partial charge in [-0.15, -0.1) is 0 Å². The summed E-state index contributed by atoms with van der Waals surface area (Å²) in [5, 5.41) is 4.48. The van der Waals surface area contributed by atoms with Crippen LogP contribution in [0.25, 0.3) is 0 Å². The fourth-order valence-electron chi connectivity index (χ4n) is 4.72. The van der Waals surface area contributed by atoms with Crippen molar-refractivity contribution in [2.45, 2.75) is 36.3 Å². The summed E-state index contributed by atoms with van der Waals surface area (Å²) in [7, 11) is -7.91. The second-order valence-corrected chi connectivity index (χ2v) is 15.2. The number of hydrogen-bond donors (Lipinski definition) is 1. The second kappa shape index (κ2) is 15.5. The van der Waals surface area contributed by atoms with Crippen molar-refractivity contribution in [1.29, 1.82) is 0 Å². The van der Waals surface area contributed by atoms with Gasteiger partial charge in [-0.2, -0.15) is 13.7 Å². The molecule has 0 bridgehead atoms. The molecule has 0 aliphatic rings. The smallest absolute Gasteiger partial charge is 0.255 e. The van der Waals surface area contributed by atoms with Crippen molar-refractivity contribution in [3.8, 4) is 0 Å². The number of rotatable bonds is 14. The van der Waals surface area contributed by atoms with Crippen molar-refractivity contribution in [3.63, 3.8) is 0 Å². The first-order valence-corrected chi connectivity index (χ1v) is 18.1. The van der Waals surface area contributed by atoms with E-state index in [1.807, 2.05) is 13.0 Å². The normalized spacial score (nSPS) is 12.2. The van der Waals surface area contributed by atoms with Crippen molar-refractivity contribution in [2.75, 3.05) is 6.54 Å². The first-order valence-electron chi connectivity index (χ1n) is 14.8. The number of hydrogen-bond acceptors (Lipinski definition) is 7. The Bertz CT molecular complexity index is 2070. The predicted molar refractivity (Wildman–Crippen MR) is 184 cm³/mol. The number of nitrogens with one attached hydrogen (secondary N) is 1. The topological polar surface area (TPSA) is 129 Å². The van der Waals surface area contributed by atoms with Gasteiger partial charge in [-0.05, 0) is 66.6 Å². The van der Waals surface area contributed by atoms with Crippen LogP contribution in [-0.2, 0) is 44.5 Å². The average Bonchev–Trinajstić information content (AvgIpc) is 3.53. The summed E-state index contributed by atoms with van der Waals surface area (Å²) in [5.74, 6) is -0.0651. The third-order valence-electron chi connectivity index (χ3n) is 7.23. The van der Waals surface area contributed by atoms with E-state index in [-0.39, 0.29) is 35.2 Å². The molecule has 0 unspecified atom stereocenters. The summed E-state index contributed by atoms with van der Waals surface area (Å²) in [6.07, 6.45) is 1.26. The Kier molecular flexibility index (Phi) is 11.2. The van der Waals surface area contributed by atoms with E-state index in [1.165, 1.54) is 22.7 Å². The quantitative estimate of drug-likeness (QED) is 0.112. The van der Waals surface area contributed by atoms with Crippen molar-refractivity contribution < 1.29 is 26.0 Å². The van der Waals surface area contributed by atoms with E-state index in [1.54, 1.807) is 103 Å². The largest absolute Gasteiger partial charge is 0.459 e. The minimum absolute atomic E-state index is 0.0191. The molecule has 0 saturated heterocycles. The van der Waals surface area contributed by atoms with Crippen LogP contribution in [0, 0.1) is 6.92 Å². The van der Waals surface area contributed by atoms with Crippen LogP contribution in [0.1, 0.15) is 28.2 Å². The Labute approximate surface area is 285 Å². The number of furan rings is 1. The number of hydrazone groups is 1. The lowest BCUT2D eigenvalue weighted by Crippen LogP contribution is -2.39. The van der Waals surface area contributed by atoms with Crippen molar-refractivity contribution in [3.05, 3.63) is 155 Å². The first kappa shape index (κ1) is 34.7. The molecule has 10 nitrogen and oxygen atoms in total. The minimum Gasteiger partial charge on any atom is -0.459 e. The molecule has 4 aromatic carbocycles. The van der Waals surface area contributed by atoms with Crippen LogP contribution >= 0.6 is 11.6 Å². The maximum Gasteiger partial charge on any atom is 0.255 e. The van der Waals surface area contributed by atoms with Gasteiger partial charge < -0.3 is 4.42 Å². The molecule has 5 aromatic rings. The number of nitrogens with zero attached hydrogens (tertiary/aromatic N) is 3. The Balaban J connectivity index is 1.28. The van der Waals surface area contributed by atoms with Crippen LogP contribution in [-0.4, -0.2) is 44.1 Å². The van der Waals surface area contributed by atoms with Gasteiger partial charge in [0.2, 0.25) is 20.0 Å². The maximum atomic E-state index is 13.7. The molecule has 0 aliphatic heterocycles. The monoisotopic (exact) mass is 704 g/mol. The summed E-state index contributed by atoms with van der Waals surface area (Å²) in [4.78, 5) is 13.1. The van der Waals surface area contributed by atoms with Gasteiger partial charge >= 0.3 is 0 Å². The Morgan fingerprint density at radius 2 is 1.27 bits per heavy atom. The Morgan fingerprint density at radius 3 is 1.94 bits per heavy atom.